The number of nitro groups is 1. The van der Waals surface area contributed by atoms with E-state index in [4.69, 9.17) is 15.2 Å². The molecule has 3 N–H and O–H groups in total. The van der Waals surface area contributed by atoms with Crippen LogP contribution >= 0.6 is 0 Å². The Bertz CT molecular complexity index is 803. The molecule has 0 aliphatic carbocycles. The van der Waals surface area contributed by atoms with Crippen molar-refractivity contribution >= 4 is 23.8 Å². The molecule has 11 nitrogen and oxygen atoms in total. The van der Waals surface area contributed by atoms with Gasteiger partial charge >= 0.3 is 12.2 Å². The normalized spacial score (nSPS) is 16.8. The van der Waals surface area contributed by atoms with Gasteiger partial charge in [0.05, 0.1) is 4.92 Å². The standard InChI is InChI=1S/C19H27N5O6/c1-19(2,3)30-18(26)23-9-8-14(11-23)10-21-16(20)22-17(25)29-12-13-4-6-15(7-5-13)24(27)28/h4-7,14H,8-12H2,1-3H3,(H3,20,21,22,25)/t14-/m0/s1. The number of nitro benzene ring substituents is 1. The molecule has 0 aromatic heterocycles. The van der Waals surface area contributed by atoms with Crippen LogP contribution in [0.4, 0.5) is 15.3 Å². The number of carbonyl (C=O) groups excluding carboxylic acids is 2. The lowest BCUT2D eigenvalue weighted by Crippen LogP contribution is -2.38. The molecule has 1 aromatic rings. The van der Waals surface area contributed by atoms with Gasteiger partial charge in [-0.05, 0) is 50.8 Å². The Morgan fingerprint density at radius 2 is 2.00 bits per heavy atom. The van der Waals surface area contributed by atoms with Gasteiger partial charge in [-0.2, -0.15) is 0 Å². The fourth-order valence-electron chi connectivity index (χ4n) is 2.74. The summed E-state index contributed by atoms with van der Waals surface area (Å²) in [4.78, 5) is 39.7. The molecule has 11 heteroatoms. The van der Waals surface area contributed by atoms with E-state index in [9.17, 15) is 19.7 Å². The maximum absolute atomic E-state index is 12.1. The molecule has 0 radical (unpaired) electrons. The Kier molecular flexibility index (Phi) is 7.56. The van der Waals surface area contributed by atoms with Crippen LogP contribution in [0, 0.1) is 16.0 Å². The van der Waals surface area contributed by atoms with Crippen LogP contribution in [0.25, 0.3) is 0 Å². The highest BCUT2D eigenvalue weighted by Gasteiger charge is 2.29. The fraction of sp³-hybridized carbons (Fsp3) is 0.526. The number of alkyl carbamates (subject to hydrolysis) is 1. The molecule has 1 atom stereocenters. The number of hydrogen-bond acceptors (Lipinski definition) is 7. The molecule has 2 rings (SSSR count). The third kappa shape index (κ3) is 7.57. The molecule has 0 unspecified atom stereocenters. The lowest BCUT2D eigenvalue weighted by molar-refractivity contribution is -0.384. The summed E-state index contributed by atoms with van der Waals surface area (Å²) in [6.45, 7) is 6.83. The second-order valence-corrected chi connectivity index (χ2v) is 7.93. The Labute approximate surface area is 174 Å². The van der Waals surface area contributed by atoms with E-state index in [0.717, 1.165) is 6.42 Å². The van der Waals surface area contributed by atoms with E-state index >= 15 is 0 Å². The number of nitrogens with zero attached hydrogens (tertiary/aromatic N) is 3. The third-order valence-corrected chi connectivity index (χ3v) is 4.20. The van der Waals surface area contributed by atoms with Crippen LogP contribution in [0.15, 0.2) is 29.3 Å². The number of hydrogen-bond donors (Lipinski definition) is 2. The minimum atomic E-state index is -0.781. The second kappa shape index (κ2) is 9.90. The smallest absolute Gasteiger partial charge is 0.414 e. The van der Waals surface area contributed by atoms with E-state index in [0.29, 0.717) is 25.2 Å². The zero-order chi connectivity index (χ0) is 22.3. The first kappa shape index (κ1) is 22.9. The fourth-order valence-corrected chi connectivity index (χ4v) is 2.74. The van der Waals surface area contributed by atoms with Crippen molar-refractivity contribution in [3.63, 3.8) is 0 Å². The summed E-state index contributed by atoms with van der Waals surface area (Å²) in [5.74, 6) is 0.0356. The van der Waals surface area contributed by atoms with Gasteiger partial charge < -0.3 is 20.1 Å². The van der Waals surface area contributed by atoms with Crippen molar-refractivity contribution in [2.75, 3.05) is 19.6 Å². The van der Waals surface area contributed by atoms with Gasteiger partial charge in [-0.25, -0.2) is 9.59 Å². The summed E-state index contributed by atoms with van der Waals surface area (Å²) in [6.07, 6.45) is -0.369. The van der Waals surface area contributed by atoms with Gasteiger partial charge in [-0.15, -0.1) is 0 Å². The minimum absolute atomic E-state index is 0.0447. The van der Waals surface area contributed by atoms with Gasteiger partial charge in [0.15, 0.2) is 5.96 Å². The molecule has 1 saturated heterocycles. The van der Waals surface area contributed by atoms with E-state index in [2.05, 4.69) is 10.3 Å². The van der Waals surface area contributed by atoms with Crippen LogP contribution < -0.4 is 11.1 Å². The van der Waals surface area contributed by atoms with Crippen molar-refractivity contribution in [2.45, 2.75) is 39.4 Å². The summed E-state index contributed by atoms with van der Waals surface area (Å²) in [7, 11) is 0. The van der Waals surface area contributed by atoms with Crippen LogP contribution in [0.3, 0.4) is 0 Å². The lowest BCUT2D eigenvalue weighted by atomic mass is 10.1. The third-order valence-electron chi connectivity index (χ3n) is 4.20. The summed E-state index contributed by atoms with van der Waals surface area (Å²) in [5, 5.41) is 12.9. The molecule has 0 bridgehead atoms. The summed E-state index contributed by atoms with van der Waals surface area (Å²) >= 11 is 0. The number of nitrogens with one attached hydrogen (secondary N) is 1. The maximum Gasteiger partial charge on any atom is 0.414 e. The second-order valence-electron chi connectivity index (χ2n) is 7.93. The van der Waals surface area contributed by atoms with Gasteiger partial charge in [0, 0.05) is 31.8 Å². The number of guanidine groups is 1. The Morgan fingerprint density at radius 1 is 1.33 bits per heavy atom. The molecule has 1 aliphatic rings. The molecule has 0 spiro atoms. The molecule has 1 heterocycles. The first-order chi connectivity index (χ1) is 14.0. The number of non-ortho nitro benzene ring substituents is 1. The van der Waals surface area contributed by atoms with Gasteiger partial charge in [-0.1, -0.05) is 0 Å². The van der Waals surface area contributed by atoms with Crippen LogP contribution in [-0.2, 0) is 16.1 Å². The lowest BCUT2D eigenvalue weighted by Gasteiger charge is -2.24. The number of likely N-dealkylation sites (tertiary alicyclic amines) is 1. The largest absolute Gasteiger partial charge is 0.444 e. The number of benzene rings is 1. The first-order valence-corrected chi connectivity index (χ1v) is 9.48. The molecule has 2 amide bonds. The summed E-state index contributed by atoms with van der Waals surface area (Å²) in [6, 6.07) is 5.65. The van der Waals surface area contributed by atoms with Crippen LogP contribution in [0.1, 0.15) is 32.8 Å². The SMILES string of the molecule is CC(C)(C)OC(=O)N1CC[C@@H](CN=C(N)NC(=O)OCc2ccc([N+](=O)[O-])cc2)C1. The molecular weight excluding hydrogens is 394 g/mol. The molecule has 1 aliphatic heterocycles. The maximum atomic E-state index is 12.1. The number of rotatable bonds is 5. The van der Waals surface area contributed by atoms with Crippen molar-refractivity contribution in [3.05, 3.63) is 39.9 Å². The zero-order valence-corrected chi connectivity index (χ0v) is 17.3. The number of carbonyl (C=O) groups is 2. The van der Waals surface area contributed by atoms with Gasteiger partial charge in [0.1, 0.15) is 12.2 Å². The van der Waals surface area contributed by atoms with E-state index in [1.54, 1.807) is 4.90 Å². The van der Waals surface area contributed by atoms with Gasteiger partial charge in [0.25, 0.3) is 5.69 Å². The number of ether oxygens (including phenoxy) is 2. The van der Waals surface area contributed by atoms with Crippen molar-refractivity contribution in [1.82, 2.24) is 10.2 Å². The Morgan fingerprint density at radius 3 is 2.60 bits per heavy atom. The van der Waals surface area contributed by atoms with Crippen LogP contribution in [0.5, 0.6) is 0 Å². The van der Waals surface area contributed by atoms with E-state index in [-0.39, 0.29) is 30.3 Å². The number of aliphatic imine (C=N–C) groups is 1. The quantitative estimate of drug-likeness (QED) is 0.321. The molecule has 1 aromatic carbocycles. The van der Waals surface area contributed by atoms with Crippen LogP contribution in [-0.4, -0.2) is 53.2 Å². The Balaban J connectivity index is 1.72. The van der Waals surface area contributed by atoms with E-state index in [1.165, 1.54) is 24.3 Å². The number of nitrogens with two attached hydrogens (primary N) is 1. The molecular formula is C19H27N5O6. The number of amides is 2. The molecule has 30 heavy (non-hydrogen) atoms. The summed E-state index contributed by atoms with van der Waals surface area (Å²) < 4.78 is 10.4. The topological polar surface area (TPSA) is 149 Å². The van der Waals surface area contributed by atoms with Gasteiger partial charge in [0.2, 0.25) is 0 Å². The summed E-state index contributed by atoms with van der Waals surface area (Å²) in [5.41, 5.74) is 5.72. The monoisotopic (exact) mass is 421 g/mol. The highest BCUT2D eigenvalue weighted by atomic mass is 16.6. The Hall–Kier alpha value is -3.37. The molecule has 0 saturated carbocycles. The average molecular weight is 421 g/mol. The predicted octanol–water partition coefficient (Wildman–Crippen LogP) is 2.39. The van der Waals surface area contributed by atoms with E-state index in [1.807, 2.05) is 20.8 Å². The van der Waals surface area contributed by atoms with Crippen molar-refractivity contribution in [1.29, 1.82) is 0 Å². The van der Waals surface area contributed by atoms with Gasteiger partial charge in [-0.3, -0.25) is 20.4 Å². The zero-order valence-electron chi connectivity index (χ0n) is 17.3. The van der Waals surface area contributed by atoms with E-state index < -0.39 is 16.6 Å². The van der Waals surface area contributed by atoms with Crippen LogP contribution in [0.2, 0.25) is 0 Å². The predicted molar refractivity (Wildman–Crippen MR) is 109 cm³/mol. The first-order valence-electron chi connectivity index (χ1n) is 9.48. The highest BCUT2D eigenvalue weighted by Crippen LogP contribution is 2.19. The molecule has 1 fully saturated rings. The minimum Gasteiger partial charge on any atom is -0.444 e. The van der Waals surface area contributed by atoms with Crippen molar-refractivity contribution < 1.29 is 24.0 Å². The van der Waals surface area contributed by atoms with Crippen molar-refractivity contribution in [2.24, 2.45) is 16.6 Å². The average Bonchev–Trinajstić information content (AvgIpc) is 3.13. The highest BCUT2D eigenvalue weighted by molar-refractivity contribution is 5.92. The van der Waals surface area contributed by atoms with Crippen molar-refractivity contribution in [3.8, 4) is 0 Å². The molecule has 164 valence electrons.